The van der Waals surface area contributed by atoms with Crippen LogP contribution in [0.15, 0.2) is 30.5 Å². The fraction of sp³-hybridized carbons (Fsp3) is 0.450. The predicted molar refractivity (Wildman–Crippen MR) is 110 cm³/mol. The van der Waals surface area contributed by atoms with Crippen molar-refractivity contribution >= 4 is 32.6 Å². The third-order valence-electron chi connectivity index (χ3n) is 5.07. The van der Waals surface area contributed by atoms with Crippen molar-refractivity contribution in [2.24, 2.45) is 0 Å². The normalized spacial score (nSPS) is 15.1. The fourth-order valence-corrected chi connectivity index (χ4v) is 4.48. The minimum atomic E-state index is 0.0200. The Morgan fingerprint density at radius 3 is 2.63 bits per heavy atom. The number of para-hydroxylation sites is 1. The van der Waals surface area contributed by atoms with Gasteiger partial charge in [0.1, 0.15) is 5.69 Å². The highest BCUT2D eigenvalue weighted by atomic mass is 32.1. The number of nitrogens with zero attached hydrogens (tertiary/aromatic N) is 5. The molecule has 6 nitrogen and oxygen atoms in total. The first-order valence-electron chi connectivity index (χ1n) is 9.54. The Morgan fingerprint density at radius 2 is 1.96 bits per heavy atom. The van der Waals surface area contributed by atoms with Crippen molar-refractivity contribution in [3.63, 3.8) is 0 Å². The van der Waals surface area contributed by atoms with Crippen LogP contribution in [0.3, 0.4) is 0 Å². The summed E-state index contributed by atoms with van der Waals surface area (Å²) in [4.78, 5) is 21.8. The van der Waals surface area contributed by atoms with Crippen LogP contribution in [0.25, 0.3) is 10.2 Å². The summed E-state index contributed by atoms with van der Waals surface area (Å²) in [5, 5.41) is 5.47. The van der Waals surface area contributed by atoms with Gasteiger partial charge >= 0.3 is 0 Å². The maximum Gasteiger partial charge on any atom is 0.274 e. The molecule has 4 rings (SSSR count). The van der Waals surface area contributed by atoms with Crippen molar-refractivity contribution in [2.45, 2.75) is 33.2 Å². The van der Waals surface area contributed by atoms with Gasteiger partial charge < -0.3 is 9.80 Å². The monoisotopic (exact) mass is 383 g/mol. The average Bonchev–Trinajstić information content (AvgIpc) is 3.34. The second-order valence-electron chi connectivity index (χ2n) is 7.17. The molecule has 3 heterocycles. The van der Waals surface area contributed by atoms with Gasteiger partial charge in [0.05, 0.1) is 10.2 Å². The fourth-order valence-electron chi connectivity index (χ4n) is 3.42. The lowest BCUT2D eigenvalue weighted by molar-refractivity contribution is 0.0739. The summed E-state index contributed by atoms with van der Waals surface area (Å²) in [6, 6.07) is 8.47. The molecule has 0 atom stereocenters. The lowest BCUT2D eigenvalue weighted by Crippen LogP contribution is -2.48. The van der Waals surface area contributed by atoms with E-state index in [0.717, 1.165) is 30.2 Å². The lowest BCUT2D eigenvalue weighted by Gasteiger charge is -2.34. The zero-order chi connectivity index (χ0) is 19.0. The molecule has 0 unspecified atom stereocenters. The molecule has 1 aromatic carbocycles. The predicted octanol–water partition coefficient (Wildman–Crippen LogP) is 3.60. The minimum absolute atomic E-state index is 0.0200. The van der Waals surface area contributed by atoms with E-state index in [1.807, 2.05) is 21.8 Å². The summed E-state index contributed by atoms with van der Waals surface area (Å²) >= 11 is 1.74. The number of rotatable bonds is 4. The number of benzene rings is 1. The highest BCUT2D eigenvalue weighted by Gasteiger charge is 2.25. The Bertz CT molecular complexity index is 952. The van der Waals surface area contributed by atoms with Gasteiger partial charge in [0.25, 0.3) is 5.91 Å². The first-order chi connectivity index (χ1) is 13.1. The molecule has 0 radical (unpaired) electrons. The number of aromatic nitrogens is 3. The molecule has 0 spiro atoms. The molecular weight excluding hydrogens is 358 g/mol. The largest absolute Gasteiger partial charge is 0.345 e. The van der Waals surface area contributed by atoms with Crippen LogP contribution in [0.5, 0.6) is 0 Å². The van der Waals surface area contributed by atoms with Gasteiger partial charge in [0, 0.05) is 38.4 Å². The molecule has 142 valence electrons. The molecule has 27 heavy (non-hydrogen) atoms. The van der Waals surface area contributed by atoms with Gasteiger partial charge in [-0.2, -0.15) is 5.10 Å². The van der Waals surface area contributed by atoms with E-state index in [4.69, 9.17) is 4.98 Å². The molecule has 1 fully saturated rings. The summed E-state index contributed by atoms with van der Waals surface area (Å²) in [6.45, 7) is 9.28. The summed E-state index contributed by atoms with van der Waals surface area (Å²) < 4.78 is 3.07. The first kappa shape index (κ1) is 18.0. The Kier molecular flexibility index (Phi) is 4.86. The van der Waals surface area contributed by atoms with Crippen LogP contribution in [-0.2, 0) is 6.42 Å². The third kappa shape index (κ3) is 3.43. The molecule has 1 aliphatic heterocycles. The Labute approximate surface area is 163 Å². The van der Waals surface area contributed by atoms with Crippen molar-refractivity contribution in [1.29, 1.82) is 0 Å². The van der Waals surface area contributed by atoms with E-state index in [1.54, 1.807) is 11.3 Å². The number of anilines is 1. The van der Waals surface area contributed by atoms with Crippen molar-refractivity contribution in [3.05, 3.63) is 41.7 Å². The van der Waals surface area contributed by atoms with Crippen LogP contribution in [0.2, 0.25) is 0 Å². The van der Waals surface area contributed by atoms with Crippen molar-refractivity contribution < 1.29 is 4.79 Å². The molecular formula is C20H25N5OS. The van der Waals surface area contributed by atoms with Crippen LogP contribution >= 0.6 is 11.3 Å². The number of amides is 1. The van der Waals surface area contributed by atoms with Crippen molar-refractivity contribution in [2.75, 3.05) is 31.1 Å². The molecule has 1 saturated heterocycles. The summed E-state index contributed by atoms with van der Waals surface area (Å²) in [5.41, 5.74) is 2.95. The number of hydrogen-bond acceptors (Lipinski definition) is 5. The lowest BCUT2D eigenvalue weighted by atomic mass is 10.1. The van der Waals surface area contributed by atoms with Gasteiger partial charge in [-0.25, -0.2) is 4.98 Å². The van der Waals surface area contributed by atoms with E-state index < -0.39 is 0 Å². The van der Waals surface area contributed by atoms with Gasteiger partial charge in [-0.05, 0) is 38.0 Å². The van der Waals surface area contributed by atoms with Crippen LogP contribution in [0, 0.1) is 0 Å². The summed E-state index contributed by atoms with van der Waals surface area (Å²) in [6.07, 6.45) is 2.87. The maximum atomic E-state index is 12.7. The highest BCUT2D eigenvalue weighted by Crippen LogP contribution is 2.31. The van der Waals surface area contributed by atoms with Gasteiger partial charge in [-0.15, -0.1) is 0 Å². The number of aryl methyl sites for hydroxylation is 1. The summed E-state index contributed by atoms with van der Waals surface area (Å²) in [7, 11) is 0. The molecule has 7 heteroatoms. The van der Waals surface area contributed by atoms with Gasteiger partial charge in [-0.1, -0.05) is 30.4 Å². The standard InChI is InChI=1S/C20H25N5OS/c1-4-15-6-5-7-17-18(15)21-20(27-17)24-12-10-23(11-13-24)19(26)16-8-9-25(22-16)14(2)3/h5-9,14H,4,10-13H2,1-3H3. The van der Waals surface area contributed by atoms with Gasteiger partial charge in [0.15, 0.2) is 5.13 Å². The second kappa shape index (κ2) is 7.31. The van der Waals surface area contributed by atoms with E-state index >= 15 is 0 Å². The number of carbonyl (C=O) groups is 1. The Morgan fingerprint density at radius 1 is 1.19 bits per heavy atom. The molecule has 1 aliphatic rings. The topological polar surface area (TPSA) is 54.3 Å². The molecule has 0 bridgehead atoms. The number of hydrogen-bond donors (Lipinski definition) is 0. The Balaban J connectivity index is 1.45. The molecule has 2 aromatic heterocycles. The summed E-state index contributed by atoms with van der Waals surface area (Å²) in [5.74, 6) is 0.0200. The third-order valence-corrected chi connectivity index (χ3v) is 6.15. The molecule has 0 aliphatic carbocycles. The molecule has 0 N–H and O–H groups in total. The number of piperazine rings is 1. The van der Waals surface area contributed by atoms with Gasteiger partial charge in [0.2, 0.25) is 0 Å². The SMILES string of the molecule is CCc1cccc2sc(N3CCN(C(=O)c4ccn(C(C)C)n4)CC3)nc12. The van der Waals surface area contributed by atoms with Crippen LogP contribution in [0.4, 0.5) is 5.13 Å². The van der Waals surface area contributed by atoms with Crippen LogP contribution in [0.1, 0.15) is 42.9 Å². The number of thiazole rings is 1. The molecule has 1 amide bonds. The Hall–Kier alpha value is -2.41. The molecule has 0 saturated carbocycles. The van der Waals surface area contributed by atoms with Crippen molar-refractivity contribution in [3.8, 4) is 0 Å². The number of fused-ring (bicyclic) bond motifs is 1. The van der Waals surface area contributed by atoms with E-state index in [0.29, 0.717) is 18.8 Å². The smallest absolute Gasteiger partial charge is 0.274 e. The molecule has 3 aromatic rings. The van der Waals surface area contributed by atoms with Gasteiger partial charge in [-0.3, -0.25) is 9.48 Å². The van der Waals surface area contributed by atoms with Crippen LogP contribution in [-0.4, -0.2) is 51.8 Å². The first-order valence-corrected chi connectivity index (χ1v) is 10.4. The van der Waals surface area contributed by atoms with E-state index in [2.05, 4.69) is 49.0 Å². The average molecular weight is 384 g/mol. The number of carbonyl (C=O) groups excluding carboxylic acids is 1. The van der Waals surface area contributed by atoms with Crippen LogP contribution < -0.4 is 4.90 Å². The quantitative estimate of drug-likeness (QED) is 0.691. The van der Waals surface area contributed by atoms with Crippen molar-refractivity contribution in [1.82, 2.24) is 19.7 Å². The maximum absolute atomic E-state index is 12.7. The zero-order valence-corrected chi connectivity index (χ0v) is 16.9. The second-order valence-corrected chi connectivity index (χ2v) is 8.18. The van der Waals surface area contributed by atoms with E-state index in [-0.39, 0.29) is 11.9 Å². The highest BCUT2D eigenvalue weighted by molar-refractivity contribution is 7.22. The zero-order valence-electron chi connectivity index (χ0n) is 16.1. The minimum Gasteiger partial charge on any atom is -0.345 e. The van der Waals surface area contributed by atoms with E-state index in [1.165, 1.54) is 10.3 Å². The van der Waals surface area contributed by atoms with E-state index in [9.17, 15) is 4.79 Å².